The van der Waals surface area contributed by atoms with E-state index in [0.29, 0.717) is 10.7 Å². The maximum absolute atomic E-state index is 12.2. The van der Waals surface area contributed by atoms with Crippen molar-refractivity contribution in [3.63, 3.8) is 0 Å². The summed E-state index contributed by atoms with van der Waals surface area (Å²) in [6.07, 6.45) is -0.549. The van der Waals surface area contributed by atoms with Crippen LogP contribution in [0.1, 0.15) is 27.7 Å². The van der Waals surface area contributed by atoms with Crippen molar-refractivity contribution in [3.05, 3.63) is 94.6 Å². The van der Waals surface area contributed by atoms with E-state index in [4.69, 9.17) is 35.6 Å². The van der Waals surface area contributed by atoms with Crippen molar-refractivity contribution in [2.75, 3.05) is 28.4 Å². The van der Waals surface area contributed by atoms with Gasteiger partial charge in [-0.2, -0.15) is 5.10 Å². The van der Waals surface area contributed by atoms with E-state index in [1.54, 1.807) is 33.5 Å². The van der Waals surface area contributed by atoms with Gasteiger partial charge in [-0.05, 0) is 72.3 Å². The number of rotatable bonds is 8. The van der Waals surface area contributed by atoms with E-state index < -0.39 is 12.1 Å². The van der Waals surface area contributed by atoms with E-state index >= 15 is 0 Å². The van der Waals surface area contributed by atoms with Gasteiger partial charge in [0.25, 0.3) is 0 Å². The van der Waals surface area contributed by atoms with Gasteiger partial charge in [-0.3, -0.25) is 0 Å². The van der Waals surface area contributed by atoms with Crippen LogP contribution in [0.25, 0.3) is 16.9 Å². The molecule has 1 aromatic heterocycles. The van der Waals surface area contributed by atoms with Crippen molar-refractivity contribution in [2.24, 2.45) is 0 Å². The Morgan fingerprint density at radius 2 is 1.49 bits per heavy atom. The minimum atomic E-state index is -0.549. The van der Waals surface area contributed by atoms with E-state index in [1.807, 2.05) is 65.3 Å². The third-order valence-corrected chi connectivity index (χ3v) is 5.96. The van der Waals surface area contributed by atoms with Crippen LogP contribution in [0.3, 0.4) is 0 Å². The molecule has 35 heavy (non-hydrogen) atoms. The molecule has 0 N–H and O–H groups in total. The molecule has 0 aliphatic heterocycles. The molecule has 4 rings (SSSR count). The molecule has 0 fully saturated rings. The van der Waals surface area contributed by atoms with Crippen LogP contribution in [0.4, 0.5) is 0 Å². The predicted octanol–water partition coefficient (Wildman–Crippen LogP) is 5.73. The van der Waals surface area contributed by atoms with Gasteiger partial charge in [-0.1, -0.05) is 17.7 Å². The number of methoxy groups -OCH3 is 4. The zero-order chi connectivity index (χ0) is 24.9. The molecule has 0 amide bonds. The largest absolute Gasteiger partial charge is 0.497 e. The second-order valence-electron chi connectivity index (χ2n) is 7.64. The summed E-state index contributed by atoms with van der Waals surface area (Å²) in [7, 11) is 6.17. The maximum atomic E-state index is 12.2. The van der Waals surface area contributed by atoms with Crippen molar-refractivity contribution >= 4 is 17.6 Å². The van der Waals surface area contributed by atoms with Gasteiger partial charge in [0.1, 0.15) is 17.6 Å². The fraction of sp³-hybridized carbons (Fsp3) is 0.185. The molecule has 7 nitrogen and oxygen atoms in total. The molecule has 0 saturated heterocycles. The molecule has 4 aromatic rings. The normalized spacial score (nSPS) is 11.7. The minimum Gasteiger partial charge on any atom is -0.497 e. The Hall–Kier alpha value is -3.81. The number of benzene rings is 3. The molecule has 8 heteroatoms. The van der Waals surface area contributed by atoms with Crippen molar-refractivity contribution in [3.8, 4) is 28.4 Å². The summed E-state index contributed by atoms with van der Waals surface area (Å²) in [6.45, 7) is 0. The average molecular weight is 493 g/mol. The Morgan fingerprint density at radius 1 is 0.857 bits per heavy atom. The molecule has 1 unspecified atom stereocenters. The fourth-order valence-electron chi connectivity index (χ4n) is 3.82. The third kappa shape index (κ3) is 5.01. The van der Waals surface area contributed by atoms with Crippen LogP contribution >= 0.6 is 11.6 Å². The van der Waals surface area contributed by atoms with Gasteiger partial charge in [0.05, 0.1) is 49.0 Å². The maximum Gasteiger partial charge on any atom is 0.339 e. The van der Waals surface area contributed by atoms with Gasteiger partial charge in [0, 0.05) is 12.7 Å². The summed E-state index contributed by atoms with van der Waals surface area (Å²) in [5, 5.41) is 5.19. The molecule has 1 heterocycles. The molecular formula is C27H25ClN2O5. The lowest BCUT2D eigenvalue weighted by Crippen LogP contribution is -2.09. The lowest BCUT2D eigenvalue weighted by molar-refractivity contribution is 0.0600. The molecule has 0 aliphatic rings. The number of esters is 1. The first kappa shape index (κ1) is 24.3. The summed E-state index contributed by atoms with van der Waals surface area (Å²) in [5.74, 6) is 0.989. The molecular weight excluding hydrogens is 468 g/mol. The Labute approximate surface area is 208 Å². The molecule has 0 saturated carbocycles. The van der Waals surface area contributed by atoms with E-state index in [2.05, 4.69) is 0 Å². The smallest absolute Gasteiger partial charge is 0.339 e. The lowest BCUT2D eigenvalue weighted by Gasteiger charge is -2.15. The van der Waals surface area contributed by atoms with E-state index in [9.17, 15) is 4.79 Å². The molecule has 0 aliphatic carbocycles. The molecule has 3 aromatic carbocycles. The number of nitrogens with zero attached hydrogens (tertiary/aromatic N) is 2. The number of carbonyl (C=O) groups excluding carboxylic acids is 1. The van der Waals surface area contributed by atoms with Crippen LogP contribution in [0.5, 0.6) is 11.5 Å². The van der Waals surface area contributed by atoms with Crippen molar-refractivity contribution in [1.82, 2.24) is 9.78 Å². The van der Waals surface area contributed by atoms with E-state index in [1.165, 1.54) is 7.11 Å². The molecule has 1 atom stereocenters. The number of carbonyl (C=O) groups is 1. The predicted molar refractivity (Wildman–Crippen MR) is 134 cm³/mol. The highest BCUT2D eigenvalue weighted by molar-refractivity contribution is 6.33. The fourth-order valence-corrected chi connectivity index (χ4v) is 4.01. The van der Waals surface area contributed by atoms with Crippen LogP contribution in [-0.4, -0.2) is 44.2 Å². The van der Waals surface area contributed by atoms with E-state index in [-0.39, 0.29) is 5.56 Å². The number of halogens is 1. The average Bonchev–Trinajstić information content (AvgIpc) is 3.34. The highest BCUT2D eigenvalue weighted by Crippen LogP contribution is 2.33. The Morgan fingerprint density at radius 3 is 2.06 bits per heavy atom. The second-order valence-corrected chi connectivity index (χ2v) is 8.05. The number of hydrogen-bond donors (Lipinski definition) is 0. The topological polar surface area (TPSA) is 71.8 Å². The van der Waals surface area contributed by atoms with Gasteiger partial charge >= 0.3 is 5.97 Å². The van der Waals surface area contributed by atoms with Crippen molar-refractivity contribution < 1.29 is 23.7 Å². The summed E-state index contributed by atoms with van der Waals surface area (Å²) in [5.41, 5.74) is 4.30. The van der Waals surface area contributed by atoms with Crippen LogP contribution in [0.2, 0.25) is 5.02 Å². The minimum absolute atomic E-state index is 0.263. The highest BCUT2D eigenvalue weighted by Gasteiger charge is 2.23. The first-order chi connectivity index (χ1) is 17.0. The summed E-state index contributed by atoms with van der Waals surface area (Å²) >= 11 is 6.22. The van der Waals surface area contributed by atoms with Gasteiger partial charge in [0.2, 0.25) is 0 Å². The SMILES string of the molecule is COC(=O)c1cc(C(OC)c2cc(-c3ccc(OC)cc3)n(-c3ccc(OC)cc3)n2)ccc1Cl. The van der Waals surface area contributed by atoms with Crippen molar-refractivity contribution in [2.45, 2.75) is 6.10 Å². The highest BCUT2D eigenvalue weighted by atomic mass is 35.5. The van der Waals surface area contributed by atoms with Crippen LogP contribution in [0, 0.1) is 0 Å². The summed E-state index contributed by atoms with van der Waals surface area (Å²) in [6, 6.07) is 22.5. The third-order valence-electron chi connectivity index (χ3n) is 5.63. The van der Waals surface area contributed by atoms with Crippen LogP contribution < -0.4 is 9.47 Å². The van der Waals surface area contributed by atoms with Gasteiger partial charge in [-0.25, -0.2) is 9.48 Å². The zero-order valence-electron chi connectivity index (χ0n) is 19.8. The first-order valence-corrected chi connectivity index (χ1v) is 11.2. The number of ether oxygens (including phenoxy) is 4. The number of hydrogen-bond acceptors (Lipinski definition) is 6. The Bertz CT molecular complexity index is 1250. The molecule has 0 radical (unpaired) electrons. The van der Waals surface area contributed by atoms with Crippen LogP contribution in [0.15, 0.2) is 72.8 Å². The molecule has 0 spiro atoms. The Kier molecular flexibility index (Phi) is 7.39. The second kappa shape index (κ2) is 10.6. The molecule has 180 valence electrons. The Balaban J connectivity index is 1.83. The van der Waals surface area contributed by atoms with Crippen molar-refractivity contribution in [1.29, 1.82) is 0 Å². The first-order valence-electron chi connectivity index (χ1n) is 10.8. The van der Waals surface area contributed by atoms with Gasteiger partial charge < -0.3 is 18.9 Å². The quantitative estimate of drug-likeness (QED) is 0.292. The lowest BCUT2D eigenvalue weighted by atomic mass is 10.0. The zero-order valence-corrected chi connectivity index (χ0v) is 20.6. The van der Waals surface area contributed by atoms with Gasteiger partial charge in [0.15, 0.2) is 0 Å². The van der Waals surface area contributed by atoms with Crippen LogP contribution in [-0.2, 0) is 9.47 Å². The monoisotopic (exact) mass is 492 g/mol. The standard InChI is InChI=1S/C27H25ClN2O5/c1-32-20-10-5-17(6-11-20)25-16-24(29-30(25)19-8-12-21(33-2)13-9-19)26(34-3)18-7-14-23(28)22(15-18)27(31)35-4/h5-16,26H,1-4H3. The molecule has 0 bridgehead atoms. The summed E-state index contributed by atoms with van der Waals surface area (Å²) in [4.78, 5) is 12.2. The number of aromatic nitrogens is 2. The van der Waals surface area contributed by atoms with Gasteiger partial charge in [-0.15, -0.1) is 0 Å². The van der Waals surface area contributed by atoms with E-state index in [0.717, 1.165) is 34.0 Å². The summed E-state index contributed by atoms with van der Waals surface area (Å²) < 4.78 is 23.2.